The lowest BCUT2D eigenvalue weighted by Gasteiger charge is -2.21. The van der Waals surface area contributed by atoms with E-state index in [0.717, 1.165) is 5.56 Å². The SMILES string of the molecule is Cc1cccc(C(OC(N)=O)C(C)O)c1Cl. The van der Waals surface area contributed by atoms with Gasteiger partial charge in [-0.15, -0.1) is 0 Å². The van der Waals surface area contributed by atoms with E-state index in [9.17, 15) is 9.90 Å². The Morgan fingerprint density at radius 1 is 1.56 bits per heavy atom. The van der Waals surface area contributed by atoms with Gasteiger partial charge in [0.1, 0.15) is 0 Å². The molecule has 0 aliphatic heterocycles. The van der Waals surface area contributed by atoms with Crippen molar-refractivity contribution in [1.82, 2.24) is 0 Å². The number of benzene rings is 1. The molecule has 1 aromatic rings. The van der Waals surface area contributed by atoms with Gasteiger partial charge < -0.3 is 15.6 Å². The molecule has 0 spiro atoms. The van der Waals surface area contributed by atoms with Crippen LogP contribution in [0.1, 0.15) is 24.2 Å². The second-order valence-corrected chi connectivity index (χ2v) is 3.95. The Morgan fingerprint density at radius 2 is 2.19 bits per heavy atom. The van der Waals surface area contributed by atoms with Crippen molar-refractivity contribution in [3.63, 3.8) is 0 Å². The number of aliphatic hydroxyl groups excluding tert-OH is 1. The molecule has 2 atom stereocenters. The predicted octanol–water partition coefficient (Wildman–Crippen LogP) is 2.17. The molecule has 0 saturated carbocycles. The van der Waals surface area contributed by atoms with Gasteiger partial charge in [0.25, 0.3) is 0 Å². The van der Waals surface area contributed by atoms with Gasteiger partial charge in [0.05, 0.1) is 11.1 Å². The topological polar surface area (TPSA) is 72.5 Å². The largest absolute Gasteiger partial charge is 0.439 e. The number of amides is 1. The molecular weight excluding hydrogens is 230 g/mol. The van der Waals surface area contributed by atoms with Crippen molar-refractivity contribution in [1.29, 1.82) is 0 Å². The van der Waals surface area contributed by atoms with Crippen LogP contribution in [-0.2, 0) is 4.74 Å². The molecular formula is C11H14ClNO3. The number of aliphatic hydroxyl groups is 1. The third-order valence-corrected chi connectivity index (χ3v) is 2.73. The number of rotatable bonds is 3. The molecule has 0 saturated heterocycles. The summed E-state index contributed by atoms with van der Waals surface area (Å²) in [6.07, 6.45) is -2.67. The summed E-state index contributed by atoms with van der Waals surface area (Å²) in [6.45, 7) is 3.33. The van der Waals surface area contributed by atoms with Crippen LogP contribution >= 0.6 is 11.6 Å². The molecule has 2 unspecified atom stereocenters. The van der Waals surface area contributed by atoms with E-state index >= 15 is 0 Å². The lowest BCUT2D eigenvalue weighted by Crippen LogP contribution is -2.25. The molecule has 0 bridgehead atoms. The number of aryl methyl sites for hydroxylation is 1. The highest BCUT2D eigenvalue weighted by molar-refractivity contribution is 6.32. The van der Waals surface area contributed by atoms with E-state index in [1.54, 1.807) is 12.1 Å². The Hall–Kier alpha value is -1.26. The standard InChI is InChI=1S/C11H14ClNO3/c1-6-4-3-5-8(9(6)12)10(7(2)14)16-11(13)15/h3-5,7,10,14H,1-2H3,(H2,13,15). The number of nitrogens with two attached hydrogens (primary N) is 1. The number of carbonyl (C=O) groups excluding carboxylic acids is 1. The van der Waals surface area contributed by atoms with Gasteiger partial charge in [-0.05, 0) is 19.4 Å². The molecule has 0 aliphatic rings. The number of hydrogen-bond donors (Lipinski definition) is 2. The first-order valence-electron chi connectivity index (χ1n) is 4.82. The Balaban J connectivity index is 3.10. The van der Waals surface area contributed by atoms with Crippen LogP contribution in [0.4, 0.5) is 4.79 Å². The minimum absolute atomic E-state index is 0.467. The second kappa shape index (κ2) is 5.18. The van der Waals surface area contributed by atoms with Crippen molar-refractivity contribution in [2.24, 2.45) is 5.73 Å². The highest BCUT2D eigenvalue weighted by Gasteiger charge is 2.23. The molecule has 5 heteroatoms. The fourth-order valence-electron chi connectivity index (χ4n) is 1.44. The summed E-state index contributed by atoms with van der Waals surface area (Å²) in [6, 6.07) is 5.29. The Bertz CT molecular complexity index is 393. The zero-order valence-electron chi connectivity index (χ0n) is 9.11. The zero-order valence-corrected chi connectivity index (χ0v) is 9.86. The van der Waals surface area contributed by atoms with E-state index in [4.69, 9.17) is 22.1 Å². The van der Waals surface area contributed by atoms with Crippen LogP contribution in [0, 0.1) is 6.92 Å². The van der Waals surface area contributed by atoms with E-state index in [-0.39, 0.29) is 0 Å². The summed E-state index contributed by atoms with van der Waals surface area (Å²) in [5, 5.41) is 10.0. The summed E-state index contributed by atoms with van der Waals surface area (Å²) in [7, 11) is 0. The van der Waals surface area contributed by atoms with Crippen LogP contribution < -0.4 is 5.73 Å². The van der Waals surface area contributed by atoms with E-state index < -0.39 is 18.3 Å². The van der Waals surface area contributed by atoms with E-state index in [1.807, 2.05) is 13.0 Å². The molecule has 88 valence electrons. The summed E-state index contributed by atoms with van der Waals surface area (Å²) < 4.78 is 4.84. The van der Waals surface area contributed by atoms with Crippen LogP contribution in [-0.4, -0.2) is 17.3 Å². The summed E-state index contributed by atoms with van der Waals surface area (Å²) in [5.74, 6) is 0. The average molecular weight is 244 g/mol. The zero-order chi connectivity index (χ0) is 12.3. The van der Waals surface area contributed by atoms with Crippen molar-refractivity contribution >= 4 is 17.7 Å². The van der Waals surface area contributed by atoms with Gasteiger partial charge in [-0.25, -0.2) is 4.79 Å². The Kier molecular flexibility index (Phi) is 4.15. The van der Waals surface area contributed by atoms with Gasteiger partial charge in [0.15, 0.2) is 6.10 Å². The summed E-state index contributed by atoms with van der Waals surface area (Å²) >= 11 is 6.07. The predicted molar refractivity (Wildman–Crippen MR) is 61.3 cm³/mol. The molecule has 1 rings (SSSR count). The number of ether oxygens (including phenoxy) is 1. The monoisotopic (exact) mass is 243 g/mol. The van der Waals surface area contributed by atoms with Gasteiger partial charge in [-0.2, -0.15) is 0 Å². The van der Waals surface area contributed by atoms with Crippen LogP contribution in [0.5, 0.6) is 0 Å². The van der Waals surface area contributed by atoms with Crippen molar-refractivity contribution in [2.45, 2.75) is 26.1 Å². The van der Waals surface area contributed by atoms with Crippen LogP contribution in [0.3, 0.4) is 0 Å². The lowest BCUT2D eigenvalue weighted by atomic mass is 10.0. The highest BCUT2D eigenvalue weighted by Crippen LogP contribution is 2.30. The number of hydrogen-bond acceptors (Lipinski definition) is 3. The molecule has 16 heavy (non-hydrogen) atoms. The quantitative estimate of drug-likeness (QED) is 0.855. The fourth-order valence-corrected chi connectivity index (χ4v) is 1.67. The third-order valence-electron chi connectivity index (χ3n) is 2.21. The number of primary amides is 1. The van der Waals surface area contributed by atoms with Crippen molar-refractivity contribution in [2.75, 3.05) is 0 Å². The molecule has 1 aromatic carbocycles. The molecule has 0 aromatic heterocycles. The summed E-state index contributed by atoms with van der Waals surface area (Å²) in [5.41, 5.74) is 6.34. The van der Waals surface area contributed by atoms with Crippen molar-refractivity contribution < 1.29 is 14.6 Å². The molecule has 0 radical (unpaired) electrons. The van der Waals surface area contributed by atoms with Gasteiger partial charge in [-0.1, -0.05) is 29.8 Å². The molecule has 3 N–H and O–H groups in total. The second-order valence-electron chi connectivity index (χ2n) is 3.58. The lowest BCUT2D eigenvalue weighted by molar-refractivity contribution is 0.0148. The minimum Gasteiger partial charge on any atom is -0.439 e. The summed E-state index contributed by atoms with van der Waals surface area (Å²) in [4.78, 5) is 10.7. The molecule has 0 heterocycles. The maximum absolute atomic E-state index is 10.7. The maximum Gasteiger partial charge on any atom is 0.405 e. The Morgan fingerprint density at radius 3 is 2.69 bits per heavy atom. The first-order valence-corrected chi connectivity index (χ1v) is 5.20. The van der Waals surface area contributed by atoms with Gasteiger partial charge >= 0.3 is 6.09 Å². The van der Waals surface area contributed by atoms with Crippen LogP contribution in [0.2, 0.25) is 5.02 Å². The average Bonchev–Trinajstić information content (AvgIpc) is 2.18. The Labute approximate surface area is 99.0 Å². The smallest absolute Gasteiger partial charge is 0.405 e. The fraction of sp³-hybridized carbons (Fsp3) is 0.364. The van der Waals surface area contributed by atoms with E-state index in [1.165, 1.54) is 6.92 Å². The first-order chi connectivity index (χ1) is 7.43. The van der Waals surface area contributed by atoms with E-state index in [0.29, 0.717) is 10.6 Å². The molecule has 1 amide bonds. The van der Waals surface area contributed by atoms with Gasteiger partial charge in [0, 0.05) is 5.56 Å². The van der Waals surface area contributed by atoms with Crippen LogP contribution in [0.25, 0.3) is 0 Å². The normalized spacial score (nSPS) is 14.2. The molecule has 0 aliphatic carbocycles. The third kappa shape index (κ3) is 2.87. The highest BCUT2D eigenvalue weighted by atomic mass is 35.5. The molecule has 0 fully saturated rings. The maximum atomic E-state index is 10.7. The minimum atomic E-state index is -0.941. The number of halogens is 1. The van der Waals surface area contributed by atoms with Crippen LogP contribution in [0.15, 0.2) is 18.2 Å². The van der Waals surface area contributed by atoms with Gasteiger partial charge in [-0.3, -0.25) is 0 Å². The first kappa shape index (κ1) is 12.8. The number of carbonyl (C=O) groups is 1. The molecule has 4 nitrogen and oxygen atoms in total. The van der Waals surface area contributed by atoms with Crippen molar-refractivity contribution in [3.05, 3.63) is 34.3 Å². The van der Waals surface area contributed by atoms with Gasteiger partial charge in [0.2, 0.25) is 0 Å². The van der Waals surface area contributed by atoms with Crippen molar-refractivity contribution in [3.8, 4) is 0 Å². The van der Waals surface area contributed by atoms with E-state index in [2.05, 4.69) is 0 Å².